The molecule has 0 bridgehead atoms. The summed E-state index contributed by atoms with van der Waals surface area (Å²) in [7, 11) is -2.35. The number of carbonyl (C=O) groups excluding carboxylic acids is 1. The number of sulfonamides is 1. The van der Waals surface area contributed by atoms with Gasteiger partial charge in [-0.3, -0.25) is 14.1 Å². The Hall–Kier alpha value is -3.07. The van der Waals surface area contributed by atoms with E-state index in [0.717, 1.165) is 0 Å². The summed E-state index contributed by atoms with van der Waals surface area (Å²) in [6.07, 6.45) is 0. The van der Waals surface area contributed by atoms with E-state index in [1.165, 1.54) is 42.8 Å². The van der Waals surface area contributed by atoms with Crippen LogP contribution < -0.4 is 15.8 Å². The highest BCUT2D eigenvalue weighted by molar-refractivity contribution is 7.92. The third kappa shape index (κ3) is 3.41. The van der Waals surface area contributed by atoms with Gasteiger partial charge in [-0.05, 0) is 30.3 Å². The second-order valence-corrected chi connectivity index (χ2v) is 7.11. The van der Waals surface area contributed by atoms with Crippen molar-refractivity contribution in [3.05, 3.63) is 53.0 Å². The van der Waals surface area contributed by atoms with Crippen LogP contribution in [0, 0.1) is 0 Å². The number of hydrogen-bond donors (Lipinski definition) is 2. The molecule has 1 amide bonds. The fraction of sp³-hybridized carbons (Fsp3) is 0.125. The van der Waals surface area contributed by atoms with Crippen LogP contribution in [0.15, 0.2) is 56.6 Å². The van der Waals surface area contributed by atoms with Crippen LogP contribution in [0.25, 0.3) is 11.1 Å². The highest BCUT2D eigenvalue weighted by atomic mass is 32.2. The van der Waals surface area contributed by atoms with Crippen molar-refractivity contribution in [3.8, 4) is 0 Å². The summed E-state index contributed by atoms with van der Waals surface area (Å²) in [5, 5.41) is 2.58. The van der Waals surface area contributed by atoms with Crippen molar-refractivity contribution in [1.82, 2.24) is 4.57 Å². The molecule has 25 heavy (non-hydrogen) atoms. The second kappa shape index (κ2) is 6.10. The first-order chi connectivity index (χ1) is 11.8. The van der Waals surface area contributed by atoms with Crippen molar-refractivity contribution in [2.45, 2.75) is 11.8 Å². The predicted molar refractivity (Wildman–Crippen MR) is 93.0 cm³/mol. The third-order valence-electron chi connectivity index (χ3n) is 3.51. The number of oxazole rings is 1. The summed E-state index contributed by atoms with van der Waals surface area (Å²) < 4.78 is 33.8. The lowest BCUT2D eigenvalue weighted by atomic mass is 10.3. The minimum atomic E-state index is -3.89. The van der Waals surface area contributed by atoms with Gasteiger partial charge in [-0.2, -0.15) is 0 Å². The SMILES string of the molecule is CC(=O)Nc1cccc(NS(=O)(=O)c2ccc3c(c2)oc(=O)n3C)c1. The normalized spacial score (nSPS) is 11.4. The smallest absolute Gasteiger partial charge is 0.408 e. The van der Waals surface area contributed by atoms with E-state index in [-0.39, 0.29) is 16.4 Å². The van der Waals surface area contributed by atoms with E-state index in [2.05, 4.69) is 10.0 Å². The number of aryl methyl sites for hydroxylation is 1. The van der Waals surface area contributed by atoms with Crippen LogP contribution in [-0.4, -0.2) is 18.9 Å². The number of hydrogen-bond acceptors (Lipinski definition) is 5. The number of benzene rings is 2. The van der Waals surface area contributed by atoms with Crippen LogP contribution in [0.4, 0.5) is 11.4 Å². The van der Waals surface area contributed by atoms with Crippen LogP contribution in [0.2, 0.25) is 0 Å². The summed E-state index contributed by atoms with van der Waals surface area (Å²) in [6, 6.07) is 10.5. The highest BCUT2D eigenvalue weighted by Crippen LogP contribution is 2.22. The van der Waals surface area contributed by atoms with E-state index in [1.807, 2.05) is 0 Å². The summed E-state index contributed by atoms with van der Waals surface area (Å²) in [5.74, 6) is -0.829. The van der Waals surface area contributed by atoms with Crippen molar-refractivity contribution in [2.75, 3.05) is 10.0 Å². The largest absolute Gasteiger partial charge is 0.419 e. The molecule has 2 N–H and O–H groups in total. The van der Waals surface area contributed by atoms with Gasteiger partial charge in [-0.1, -0.05) is 6.07 Å². The lowest BCUT2D eigenvalue weighted by Crippen LogP contribution is -2.13. The summed E-state index contributed by atoms with van der Waals surface area (Å²) >= 11 is 0. The fourth-order valence-corrected chi connectivity index (χ4v) is 3.42. The first kappa shape index (κ1) is 16.8. The van der Waals surface area contributed by atoms with Gasteiger partial charge >= 0.3 is 5.76 Å². The topological polar surface area (TPSA) is 110 Å². The van der Waals surface area contributed by atoms with Gasteiger partial charge in [0, 0.05) is 25.7 Å². The Labute approximate surface area is 143 Å². The molecule has 0 atom stereocenters. The second-order valence-electron chi connectivity index (χ2n) is 5.42. The molecule has 1 aromatic heterocycles. The maximum Gasteiger partial charge on any atom is 0.419 e. The van der Waals surface area contributed by atoms with Crippen molar-refractivity contribution in [3.63, 3.8) is 0 Å². The Kier molecular flexibility index (Phi) is 4.09. The van der Waals surface area contributed by atoms with E-state index >= 15 is 0 Å². The zero-order chi connectivity index (χ0) is 18.2. The van der Waals surface area contributed by atoms with Gasteiger partial charge < -0.3 is 9.73 Å². The lowest BCUT2D eigenvalue weighted by Gasteiger charge is -2.10. The van der Waals surface area contributed by atoms with Crippen LogP contribution >= 0.6 is 0 Å². The number of nitrogens with one attached hydrogen (secondary N) is 2. The molecule has 0 aliphatic carbocycles. The van der Waals surface area contributed by atoms with Gasteiger partial charge in [0.2, 0.25) is 5.91 Å². The highest BCUT2D eigenvalue weighted by Gasteiger charge is 2.17. The Bertz CT molecular complexity index is 1130. The number of nitrogens with zero attached hydrogens (tertiary/aromatic N) is 1. The minimum Gasteiger partial charge on any atom is -0.408 e. The Balaban J connectivity index is 1.94. The first-order valence-corrected chi connectivity index (χ1v) is 8.75. The van der Waals surface area contributed by atoms with Gasteiger partial charge in [-0.25, -0.2) is 13.2 Å². The molecule has 9 heteroatoms. The molecular formula is C16H15N3O5S. The Morgan fingerprint density at radius 1 is 1.12 bits per heavy atom. The number of amides is 1. The standard InChI is InChI=1S/C16H15N3O5S/c1-10(20)17-11-4-3-5-12(8-11)18-25(22,23)13-6-7-14-15(9-13)24-16(21)19(14)2/h3-9,18H,1-2H3,(H,17,20). The Morgan fingerprint density at radius 2 is 1.84 bits per heavy atom. The molecule has 8 nitrogen and oxygen atoms in total. The van der Waals surface area contributed by atoms with E-state index in [1.54, 1.807) is 18.2 Å². The molecule has 0 aliphatic rings. The van der Waals surface area contributed by atoms with Gasteiger partial charge in [0.1, 0.15) is 0 Å². The van der Waals surface area contributed by atoms with Gasteiger partial charge in [0.15, 0.2) is 5.58 Å². The summed E-state index contributed by atoms with van der Waals surface area (Å²) in [4.78, 5) is 22.6. The van der Waals surface area contributed by atoms with Gasteiger partial charge in [0.25, 0.3) is 10.0 Å². The summed E-state index contributed by atoms with van der Waals surface area (Å²) in [6.45, 7) is 1.36. The molecule has 1 heterocycles. The fourth-order valence-electron chi connectivity index (χ4n) is 2.36. The molecule has 0 radical (unpaired) electrons. The molecule has 3 rings (SSSR count). The van der Waals surface area contributed by atoms with E-state index in [4.69, 9.17) is 4.42 Å². The molecular weight excluding hydrogens is 346 g/mol. The maximum absolute atomic E-state index is 12.5. The van der Waals surface area contributed by atoms with Gasteiger partial charge in [0.05, 0.1) is 16.1 Å². The molecule has 0 saturated heterocycles. The molecule has 2 aromatic carbocycles. The minimum absolute atomic E-state index is 0.0423. The Morgan fingerprint density at radius 3 is 2.56 bits per heavy atom. The average Bonchev–Trinajstić information content (AvgIpc) is 2.81. The molecule has 3 aromatic rings. The van der Waals surface area contributed by atoms with E-state index < -0.39 is 15.8 Å². The van der Waals surface area contributed by atoms with E-state index in [9.17, 15) is 18.0 Å². The molecule has 0 spiro atoms. The first-order valence-electron chi connectivity index (χ1n) is 7.26. The zero-order valence-corrected chi connectivity index (χ0v) is 14.3. The molecule has 130 valence electrons. The number of aromatic nitrogens is 1. The summed E-state index contributed by atoms with van der Waals surface area (Å²) in [5.41, 5.74) is 1.44. The van der Waals surface area contributed by atoms with Crippen molar-refractivity contribution >= 4 is 38.4 Å². The molecule has 0 aliphatic heterocycles. The van der Waals surface area contributed by atoms with Gasteiger partial charge in [-0.15, -0.1) is 0 Å². The number of rotatable bonds is 4. The maximum atomic E-state index is 12.5. The average molecular weight is 361 g/mol. The molecule has 0 saturated carbocycles. The van der Waals surface area contributed by atoms with Crippen LogP contribution in [0.3, 0.4) is 0 Å². The van der Waals surface area contributed by atoms with E-state index in [0.29, 0.717) is 16.9 Å². The molecule has 0 unspecified atom stereocenters. The zero-order valence-electron chi connectivity index (χ0n) is 13.4. The lowest BCUT2D eigenvalue weighted by molar-refractivity contribution is -0.114. The van der Waals surface area contributed by atoms with Crippen LogP contribution in [-0.2, 0) is 21.9 Å². The monoisotopic (exact) mass is 361 g/mol. The molecule has 0 fully saturated rings. The number of fused-ring (bicyclic) bond motifs is 1. The number of anilines is 2. The van der Waals surface area contributed by atoms with Crippen LogP contribution in [0.5, 0.6) is 0 Å². The quantitative estimate of drug-likeness (QED) is 0.737. The number of carbonyl (C=O) groups is 1. The van der Waals surface area contributed by atoms with Crippen molar-refractivity contribution in [1.29, 1.82) is 0 Å². The van der Waals surface area contributed by atoms with Crippen molar-refractivity contribution < 1.29 is 17.6 Å². The predicted octanol–water partition coefficient (Wildman–Crippen LogP) is 1.89. The van der Waals surface area contributed by atoms with Crippen molar-refractivity contribution in [2.24, 2.45) is 7.05 Å². The third-order valence-corrected chi connectivity index (χ3v) is 4.89. The van der Waals surface area contributed by atoms with Crippen LogP contribution in [0.1, 0.15) is 6.92 Å².